The second-order valence-electron chi connectivity index (χ2n) is 4.45. The number of oxazole rings is 1. The molecule has 5 heteroatoms. The Morgan fingerprint density at radius 3 is 2.81 bits per heavy atom. The Bertz CT molecular complexity index is 839. The van der Waals surface area contributed by atoms with Crippen LogP contribution in [-0.2, 0) is 0 Å². The summed E-state index contributed by atoms with van der Waals surface area (Å²) >= 11 is 0. The third-order valence-corrected chi connectivity index (χ3v) is 3.14. The molecule has 0 unspecified atom stereocenters. The van der Waals surface area contributed by atoms with Crippen molar-refractivity contribution in [1.29, 1.82) is 0 Å². The molecule has 21 heavy (non-hydrogen) atoms. The third-order valence-electron chi connectivity index (χ3n) is 3.14. The number of hydrogen-bond acceptors (Lipinski definition) is 4. The molecule has 3 aromatic rings. The highest BCUT2D eigenvalue weighted by Gasteiger charge is 2.14. The summed E-state index contributed by atoms with van der Waals surface area (Å²) in [4.78, 5) is 4.33. The van der Waals surface area contributed by atoms with Crippen LogP contribution in [0.15, 0.2) is 41.3 Å². The van der Waals surface area contributed by atoms with Gasteiger partial charge in [0.1, 0.15) is 11.3 Å². The minimum Gasteiger partial charge on any atom is -0.505 e. The van der Waals surface area contributed by atoms with E-state index in [1.165, 1.54) is 18.2 Å². The molecule has 0 radical (unpaired) electrons. The highest BCUT2D eigenvalue weighted by Crippen LogP contribution is 2.31. The first-order chi connectivity index (χ1) is 10.1. The number of fused-ring (bicyclic) bond motifs is 1. The van der Waals surface area contributed by atoms with Crippen LogP contribution in [0.2, 0.25) is 0 Å². The van der Waals surface area contributed by atoms with Crippen LogP contribution in [0.5, 0.6) is 11.5 Å². The molecule has 0 amide bonds. The van der Waals surface area contributed by atoms with Gasteiger partial charge in [0.15, 0.2) is 17.1 Å². The van der Waals surface area contributed by atoms with Crippen LogP contribution in [0.4, 0.5) is 4.39 Å². The zero-order valence-electron chi connectivity index (χ0n) is 11.3. The maximum absolute atomic E-state index is 13.4. The van der Waals surface area contributed by atoms with Gasteiger partial charge < -0.3 is 14.3 Å². The SMILES string of the molecule is C=Cc1cc(OC)cc2nc(-c3ccc(O)c(F)c3)oc12. The molecule has 2 aromatic carbocycles. The first-order valence-electron chi connectivity index (χ1n) is 6.22. The van der Waals surface area contributed by atoms with Crippen LogP contribution in [0, 0.1) is 5.82 Å². The van der Waals surface area contributed by atoms with Gasteiger partial charge in [0, 0.05) is 17.2 Å². The van der Waals surface area contributed by atoms with E-state index in [0.717, 1.165) is 5.56 Å². The molecule has 0 aliphatic heterocycles. The van der Waals surface area contributed by atoms with E-state index >= 15 is 0 Å². The van der Waals surface area contributed by atoms with Gasteiger partial charge in [-0.1, -0.05) is 12.7 Å². The molecule has 1 N–H and O–H groups in total. The normalized spacial score (nSPS) is 10.8. The Morgan fingerprint density at radius 1 is 1.33 bits per heavy atom. The lowest BCUT2D eigenvalue weighted by Crippen LogP contribution is -1.84. The number of rotatable bonds is 3. The molecule has 3 rings (SSSR count). The van der Waals surface area contributed by atoms with E-state index in [9.17, 15) is 9.50 Å². The largest absolute Gasteiger partial charge is 0.505 e. The van der Waals surface area contributed by atoms with Gasteiger partial charge >= 0.3 is 0 Å². The Morgan fingerprint density at radius 2 is 2.14 bits per heavy atom. The zero-order chi connectivity index (χ0) is 15.0. The highest BCUT2D eigenvalue weighted by atomic mass is 19.1. The molecule has 106 valence electrons. The highest BCUT2D eigenvalue weighted by molar-refractivity contribution is 5.86. The van der Waals surface area contributed by atoms with E-state index < -0.39 is 11.6 Å². The van der Waals surface area contributed by atoms with Gasteiger partial charge in [0.2, 0.25) is 5.89 Å². The van der Waals surface area contributed by atoms with Gasteiger partial charge in [0.25, 0.3) is 0 Å². The molecule has 0 saturated heterocycles. The summed E-state index contributed by atoms with van der Waals surface area (Å²) in [7, 11) is 1.56. The van der Waals surface area contributed by atoms with Crippen molar-refractivity contribution in [2.75, 3.05) is 7.11 Å². The fourth-order valence-corrected chi connectivity index (χ4v) is 2.06. The van der Waals surface area contributed by atoms with Crippen molar-refractivity contribution in [1.82, 2.24) is 4.98 Å². The number of aromatic hydroxyl groups is 1. The van der Waals surface area contributed by atoms with Gasteiger partial charge in [0.05, 0.1) is 7.11 Å². The lowest BCUT2D eigenvalue weighted by Gasteiger charge is -2.00. The minimum atomic E-state index is -0.726. The number of benzene rings is 2. The molecule has 1 heterocycles. The number of ether oxygens (including phenoxy) is 1. The first kappa shape index (κ1) is 13.2. The average molecular weight is 285 g/mol. The molecule has 0 aliphatic carbocycles. The van der Waals surface area contributed by atoms with E-state index in [0.29, 0.717) is 22.4 Å². The van der Waals surface area contributed by atoms with Gasteiger partial charge in [-0.05, 0) is 24.3 Å². The van der Waals surface area contributed by atoms with E-state index in [-0.39, 0.29) is 5.89 Å². The predicted molar refractivity (Wildman–Crippen MR) is 77.7 cm³/mol. The van der Waals surface area contributed by atoms with Crippen molar-refractivity contribution in [3.63, 3.8) is 0 Å². The lowest BCUT2D eigenvalue weighted by molar-refractivity contribution is 0.415. The summed E-state index contributed by atoms with van der Waals surface area (Å²) in [6.07, 6.45) is 1.64. The average Bonchev–Trinajstić information content (AvgIpc) is 2.92. The van der Waals surface area contributed by atoms with Crippen LogP contribution in [-0.4, -0.2) is 17.2 Å². The van der Waals surface area contributed by atoms with Crippen LogP contribution in [0.25, 0.3) is 28.6 Å². The number of hydrogen-bond donors (Lipinski definition) is 1. The predicted octanol–water partition coefficient (Wildman–Crippen LogP) is 3.99. The first-order valence-corrected chi connectivity index (χ1v) is 6.22. The maximum atomic E-state index is 13.4. The Kier molecular flexibility index (Phi) is 3.10. The third kappa shape index (κ3) is 2.23. The Balaban J connectivity index is 2.20. The van der Waals surface area contributed by atoms with Crippen molar-refractivity contribution in [3.05, 3.63) is 48.3 Å². The van der Waals surface area contributed by atoms with Crippen molar-refractivity contribution >= 4 is 17.2 Å². The number of methoxy groups -OCH3 is 1. The topological polar surface area (TPSA) is 55.5 Å². The Labute approximate surface area is 120 Å². The van der Waals surface area contributed by atoms with Crippen molar-refractivity contribution in [2.45, 2.75) is 0 Å². The quantitative estimate of drug-likeness (QED) is 0.790. The number of phenolic OH excluding ortho intramolecular Hbond substituents is 1. The fraction of sp³-hybridized carbons (Fsp3) is 0.0625. The molecule has 0 atom stereocenters. The molecule has 0 saturated carbocycles. The monoisotopic (exact) mass is 285 g/mol. The van der Waals surface area contributed by atoms with E-state index in [4.69, 9.17) is 9.15 Å². The van der Waals surface area contributed by atoms with Crippen molar-refractivity contribution in [3.8, 4) is 23.0 Å². The van der Waals surface area contributed by atoms with Gasteiger partial charge in [-0.25, -0.2) is 9.37 Å². The zero-order valence-corrected chi connectivity index (χ0v) is 11.3. The molecular formula is C16H12FNO3. The van der Waals surface area contributed by atoms with Gasteiger partial charge in [-0.3, -0.25) is 0 Å². The smallest absolute Gasteiger partial charge is 0.227 e. The van der Waals surface area contributed by atoms with Gasteiger partial charge in [-0.15, -0.1) is 0 Å². The minimum absolute atomic E-state index is 0.264. The van der Waals surface area contributed by atoms with Crippen LogP contribution < -0.4 is 4.74 Å². The molecule has 4 nitrogen and oxygen atoms in total. The fourth-order valence-electron chi connectivity index (χ4n) is 2.06. The molecule has 1 aromatic heterocycles. The molecule has 0 bridgehead atoms. The van der Waals surface area contributed by atoms with E-state index in [1.807, 2.05) is 0 Å². The second-order valence-corrected chi connectivity index (χ2v) is 4.45. The summed E-state index contributed by atoms with van der Waals surface area (Å²) < 4.78 is 24.3. The summed E-state index contributed by atoms with van der Waals surface area (Å²) in [5, 5.41) is 9.23. The van der Waals surface area contributed by atoms with E-state index in [2.05, 4.69) is 11.6 Å². The van der Waals surface area contributed by atoms with Crippen LogP contribution >= 0.6 is 0 Å². The number of nitrogens with zero attached hydrogens (tertiary/aromatic N) is 1. The molecule has 0 spiro atoms. The summed E-state index contributed by atoms with van der Waals surface area (Å²) in [6.45, 7) is 3.73. The number of halogens is 1. The van der Waals surface area contributed by atoms with Crippen LogP contribution in [0.3, 0.4) is 0 Å². The van der Waals surface area contributed by atoms with E-state index in [1.54, 1.807) is 25.3 Å². The number of aromatic nitrogens is 1. The molecule has 0 aliphatic rings. The lowest BCUT2D eigenvalue weighted by atomic mass is 10.2. The number of phenols is 1. The summed E-state index contributed by atoms with van der Waals surface area (Å²) in [5.41, 5.74) is 2.32. The molecular weight excluding hydrogens is 273 g/mol. The maximum Gasteiger partial charge on any atom is 0.227 e. The van der Waals surface area contributed by atoms with Crippen LogP contribution in [0.1, 0.15) is 5.56 Å². The standard InChI is InChI=1S/C16H12FNO3/c1-3-9-6-11(20-2)8-13-15(9)21-16(18-13)10-4-5-14(19)12(17)7-10/h3-8,19H,1H2,2H3. The Hall–Kier alpha value is -2.82. The molecule has 0 fully saturated rings. The van der Waals surface area contributed by atoms with Gasteiger partial charge in [-0.2, -0.15) is 0 Å². The summed E-state index contributed by atoms with van der Waals surface area (Å²) in [5.74, 6) is -0.242. The van der Waals surface area contributed by atoms with Crippen molar-refractivity contribution in [2.24, 2.45) is 0 Å². The second kappa shape index (κ2) is 4.94. The summed E-state index contributed by atoms with van der Waals surface area (Å²) in [6, 6.07) is 7.47. The van der Waals surface area contributed by atoms with Crippen molar-refractivity contribution < 1.29 is 18.7 Å².